The van der Waals surface area contributed by atoms with Crippen LogP contribution in [0.3, 0.4) is 0 Å². The summed E-state index contributed by atoms with van der Waals surface area (Å²) < 4.78 is 0. The minimum absolute atomic E-state index is 0.0105. The highest BCUT2D eigenvalue weighted by Crippen LogP contribution is 2.26. The van der Waals surface area contributed by atoms with Crippen molar-refractivity contribution in [3.63, 3.8) is 0 Å². The van der Waals surface area contributed by atoms with Gasteiger partial charge in [-0.25, -0.2) is 9.97 Å². The van der Waals surface area contributed by atoms with Gasteiger partial charge in [0, 0.05) is 31.8 Å². The first-order valence-corrected chi connectivity index (χ1v) is 8.93. The molecule has 2 aromatic rings. The lowest BCUT2D eigenvalue weighted by molar-refractivity contribution is 0.0719. The van der Waals surface area contributed by atoms with Gasteiger partial charge >= 0.3 is 0 Å². The largest absolute Gasteiger partial charge is 0.335 e. The molecule has 1 unspecified atom stereocenters. The molecule has 1 atom stereocenters. The number of carbonyl (C=O) groups excluding carboxylic acids is 1. The lowest BCUT2D eigenvalue weighted by Gasteiger charge is -2.28. The Balaban J connectivity index is 2.21. The van der Waals surface area contributed by atoms with Crippen molar-refractivity contribution in [3.05, 3.63) is 48.0 Å². The molecule has 0 aromatic carbocycles. The molecule has 0 radical (unpaired) electrons. The molecule has 6 heteroatoms. The van der Waals surface area contributed by atoms with Crippen LogP contribution in [0.15, 0.2) is 42.1 Å². The molecule has 2 rings (SSSR count). The Labute approximate surface area is 141 Å². The zero-order valence-electron chi connectivity index (χ0n) is 13.8. The Bertz CT molecular complexity index is 618. The summed E-state index contributed by atoms with van der Waals surface area (Å²) in [4.78, 5) is 27.1. The third-order valence-electron chi connectivity index (χ3n) is 3.75. The van der Waals surface area contributed by atoms with Crippen molar-refractivity contribution in [2.24, 2.45) is 0 Å². The van der Waals surface area contributed by atoms with E-state index in [-0.39, 0.29) is 11.9 Å². The highest BCUT2D eigenvalue weighted by atomic mass is 32.2. The van der Waals surface area contributed by atoms with E-state index >= 15 is 0 Å². The minimum Gasteiger partial charge on any atom is -0.335 e. The van der Waals surface area contributed by atoms with E-state index in [1.54, 1.807) is 23.5 Å². The van der Waals surface area contributed by atoms with Crippen LogP contribution in [0.5, 0.6) is 0 Å². The predicted molar refractivity (Wildman–Crippen MR) is 92.4 cm³/mol. The first-order chi connectivity index (χ1) is 11.2. The molecule has 0 spiro atoms. The molecule has 1 amide bonds. The zero-order chi connectivity index (χ0) is 16.7. The second kappa shape index (κ2) is 8.62. The van der Waals surface area contributed by atoms with Crippen LogP contribution in [-0.2, 0) is 0 Å². The van der Waals surface area contributed by atoms with Gasteiger partial charge in [0.15, 0.2) is 5.16 Å². The summed E-state index contributed by atoms with van der Waals surface area (Å²) in [5, 5.41) is 0.666. The van der Waals surface area contributed by atoms with E-state index in [0.29, 0.717) is 10.7 Å². The Morgan fingerprint density at radius 1 is 1.30 bits per heavy atom. The van der Waals surface area contributed by atoms with E-state index in [4.69, 9.17) is 0 Å². The molecule has 23 heavy (non-hydrogen) atoms. The van der Waals surface area contributed by atoms with E-state index in [2.05, 4.69) is 21.9 Å². The zero-order valence-corrected chi connectivity index (χ0v) is 14.6. The maximum atomic E-state index is 12.7. The number of carbonyl (C=O) groups is 1. The normalized spacial score (nSPS) is 12.0. The maximum absolute atomic E-state index is 12.7. The fourth-order valence-electron chi connectivity index (χ4n) is 2.43. The number of amides is 1. The summed E-state index contributed by atoms with van der Waals surface area (Å²) in [5.41, 5.74) is 1.56. The van der Waals surface area contributed by atoms with E-state index in [1.165, 1.54) is 11.8 Å². The molecule has 5 nitrogen and oxygen atoms in total. The molecule has 2 heterocycles. The smallest absolute Gasteiger partial charge is 0.257 e. The van der Waals surface area contributed by atoms with Crippen LogP contribution < -0.4 is 0 Å². The van der Waals surface area contributed by atoms with Gasteiger partial charge in [-0.15, -0.1) is 0 Å². The third-order valence-corrected chi connectivity index (χ3v) is 4.32. The third kappa shape index (κ3) is 4.51. The van der Waals surface area contributed by atoms with Crippen LogP contribution in [0.2, 0.25) is 0 Å². The van der Waals surface area contributed by atoms with Crippen LogP contribution in [0.4, 0.5) is 0 Å². The molecular formula is C17H22N4OS. The van der Waals surface area contributed by atoms with E-state index < -0.39 is 0 Å². The number of nitrogens with zero attached hydrogens (tertiary/aromatic N) is 4. The maximum Gasteiger partial charge on any atom is 0.257 e. The lowest BCUT2D eigenvalue weighted by atomic mass is 10.0. The Morgan fingerprint density at radius 2 is 2.04 bits per heavy atom. The monoisotopic (exact) mass is 330 g/mol. The molecule has 0 saturated heterocycles. The van der Waals surface area contributed by atoms with Crippen molar-refractivity contribution in [1.82, 2.24) is 19.9 Å². The van der Waals surface area contributed by atoms with Crippen LogP contribution in [0.25, 0.3) is 0 Å². The SMILES string of the molecule is CCCCC(c1cccnc1)N(C)C(=O)c1cnc(SC)nc1. The van der Waals surface area contributed by atoms with Gasteiger partial charge < -0.3 is 4.90 Å². The van der Waals surface area contributed by atoms with Crippen LogP contribution >= 0.6 is 11.8 Å². The molecular weight excluding hydrogens is 308 g/mol. The number of aromatic nitrogens is 3. The second-order valence-corrected chi connectivity index (χ2v) is 6.09. The standard InChI is InChI=1S/C17H22N4OS/c1-4-5-8-15(13-7-6-9-18-10-13)21(2)16(22)14-11-19-17(23-3)20-12-14/h6-7,9-12,15H,4-5,8H2,1-3H3. The number of rotatable bonds is 7. The van der Waals surface area contributed by atoms with Crippen LogP contribution in [0, 0.1) is 0 Å². The molecule has 0 aliphatic rings. The summed E-state index contributed by atoms with van der Waals surface area (Å²) in [5.74, 6) is -0.0670. The number of unbranched alkanes of at least 4 members (excludes halogenated alkanes) is 1. The van der Waals surface area contributed by atoms with Gasteiger partial charge in [0.05, 0.1) is 11.6 Å². The highest BCUT2D eigenvalue weighted by Gasteiger charge is 2.23. The molecule has 0 saturated carbocycles. The van der Waals surface area contributed by atoms with Gasteiger partial charge in [0.2, 0.25) is 0 Å². The number of thioether (sulfide) groups is 1. The Morgan fingerprint density at radius 3 is 2.61 bits per heavy atom. The second-order valence-electron chi connectivity index (χ2n) is 5.32. The fraction of sp³-hybridized carbons (Fsp3) is 0.412. The highest BCUT2D eigenvalue weighted by molar-refractivity contribution is 7.98. The summed E-state index contributed by atoms with van der Waals surface area (Å²) in [6.45, 7) is 2.15. The topological polar surface area (TPSA) is 59.0 Å². The Kier molecular flexibility index (Phi) is 6.52. The van der Waals surface area contributed by atoms with Crippen molar-refractivity contribution in [2.45, 2.75) is 37.4 Å². The molecule has 0 N–H and O–H groups in total. The van der Waals surface area contributed by atoms with Gasteiger partial charge in [-0.2, -0.15) is 0 Å². The van der Waals surface area contributed by atoms with Gasteiger partial charge in [0.1, 0.15) is 0 Å². The molecule has 0 fully saturated rings. The summed E-state index contributed by atoms with van der Waals surface area (Å²) in [7, 11) is 1.83. The van der Waals surface area contributed by atoms with Gasteiger partial charge in [-0.05, 0) is 24.3 Å². The number of pyridine rings is 1. The number of hydrogen-bond acceptors (Lipinski definition) is 5. The predicted octanol–water partition coefficient (Wildman–Crippen LogP) is 3.60. The minimum atomic E-state index is -0.0670. The van der Waals surface area contributed by atoms with Crippen molar-refractivity contribution >= 4 is 17.7 Å². The molecule has 0 aliphatic heterocycles. The first-order valence-electron chi connectivity index (χ1n) is 7.70. The van der Waals surface area contributed by atoms with Gasteiger partial charge in [0.25, 0.3) is 5.91 Å². The van der Waals surface area contributed by atoms with Gasteiger partial charge in [-0.1, -0.05) is 37.6 Å². The van der Waals surface area contributed by atoms with E-state index in [0.717, 1.165) is 24.8 Å². The lowest BCUT2D eigenvalue weighted by Crippen LogP contribution is -2.31. The summed E-state index contributed by atoms with van der Waals surface area (Å²) in [6, 6.07) is 3.93. The van der Waals surface area contributed by atoms with E-state index in [1.807, 2.05) is 31.6 Å². The van der Waals surface area contributed by atoms with Crippen LogP contribution in [0.1, 0.15) is 48.1 Å². The van der Waals surface area contributed by atoms with Crippen molar-refractivity contribution in [3.8, 4) is 0 Å². The average molecular weight is 330 g/mol. The molecule has 0 aliphatic carbocycles. The average Bonchev–Trinajstić information content (AvgIpc) is 2.62. The van der Waals surface area contributed by atoms with Crippen molar-refractivity contribution < 1.29 is 4.79 Å². The molecule has 0 bridgehead atoms. The fourth-order valence-corrected chi connectivity index (χ4v) is 2.75. The number of hydrogen-bond donors (Lipinski definition) is 0. The first kappa shape index (κ1) is 17.4. The van der Waals surface area contributed by atoms with Crippen molar-refractivity contribution in [1.29, 1.82) is 0 Å². The van der Waals surface area contributed by atoms with Crippen molar-refractivity contribution in [2.75, 3.05) is 13.3 Å². The quantitative estimate of drug-likeness (QED) is 0.573. The summed E-state index contributed by atoms with van der Waals surface area (Å²) >= 11 is 1.46. The molecule has 2 aromatic heterocycles. The van der Waals surface area contributed by atoms with Gasteiger partial charge in [-0.3, -0.25) is 9.78 Å². The van der Waals surface area contributed by atoms with Crippen LogP contribution in [-0.4, -0.2) is 39.1 Å². The molecule has 122 valence electrons. The summed E-state index contributed by atoms with van der Waals surface area (Å²) in [6.07, 6.45) is 11.7. The Hall–Kier alpha value is -1.95. The van der Waals surface area contributed by atoms with E-state index in [9.17, 15) is 4.79 Å².